The van der Waals surface area contributed by atoms with Crippen molar-refractivity contribution in [2.45, 2.75) is 13.8 Å². The molecule has 2 heterocycles. The first-order valence-corrected chi connectivity index (χ1v) is 8.27. The van der Waals surface area contributed by atoms with Crippen LogP contribution in [-0.4, -0.2) is 16.5 Å². The van der Waals surface area contributed by atoms with E-state index in [1.54, 1.807) is 11.3 Å². The Bertz CT molecular complexity index is 788. The Morgan fingerprint density at radius 2 is 2.14 bits per heavy atom. The maximum atomic E-state index is 6.03. The second-order valence-corrected chi connectivity index (χ2v) is 6.34. The molecule has 1 N–H and O–H groups in total. The molecule has 1 aromatic carbocycles. The Morgan fingerprint density at radius 3 is 2.95 bits per heavy atom. The molecule has 0 fully saturated rings. The Morgan fingerprint density at radius 1 is 1.29 bits per heavy atom. The minimum atomic E-state index is 0.582. The molecule has 0 saturated carbocycles. The maximum absolute atomic E-state index is 6.03. The molecule has 4 nitrogen and oxygen atoms in total. The van der Waals surface area contributed by atoms with E-state index < -0.39 is 0 Å². The van der Waals surface area contributed by atoms with Crippen molar-refractivity contribution >= 4 is 43.4 Å². The highest BCUT2D eigenvalue weighted by Crippen LogP contribution is 2.33. The van der Waals surface area contributed by atoms with Crippen LogP contribution in [-0.2, 0) is 0 Å². The molecule has 0 aliphatic heterocycles. The van der Waals surface area contributed by atoms with Crippen LogP contribution in [0.15, 0.2) is 34.1 Å². The molecule has 3 rings (SSSR count). The number of hydrogen-bond donors (Lipinski definition) is 1. The van der Waals surface area contributed by atoms with Crippen molar-refractivity contribution in [3.63, 3.8) is 0 Å². The Kier molecular flexibility index (Phi) is 4.07. The highest BCUT2D eigenvalue weighted by molar-refractivity contribution is 9.10. The molecule has 0 bridgehead atoms. The summed E-state index contributed by atoms with van der Waals surface area (Å²) in [5.41, 5.74) is 1.06. The van der Waals surface area contributed by atoms with E-state index >= 15 is 0 Å². The predicted octanol–water partition coefficient (Wildman–Crippen LogP) is 4.99. The SMILES string of the molecule is CCNc1nc(Oc2cc(Br)ccc2C)c2ccsc2n1. The summed E-state index contributed by atoms with van der Waals surface area (Å²) in [4.78, 5) is 9.87. The van der Waals surface area contributed by atoms with Gasteiger partial charge in [-0.3, -0.25) is 0 Å². The first-order valence-electron chi connectivity index (χ1n) is 6.60. The molecule has 3 aromatic rings. The van der Waals surface area contributed by atoms with Crippen LogP contribution in [0.25, 0.3) is 10.2 Å². The zero-order chi connectivity index (χ0) is 14.8. The van der Waals surface area contributed by atoms with E-state index in [1.165, 1.54) is 0 Å². The zero-order valence-electron chi connectivity index (χ0n) is 11.7. The third-order valence-electron chi connectivity index (χ3n) is 2.98. The zero-order valence-corrected chi connectivity index (χ0v) is 14.1. The van der Waals surface area contributed by atoms with Gasteiger partial charge in [0.15, 0.2) is 0 Å². The summed E-state index contributed by atoms with van der Waals surface area (Å²) < 4.78 is 7.01. The van der Waals surface area contributed by atoms with Crippen LogP contribution in [0.1, 0.15) is 12.5 Å². The summed E-state index contributed by atoms with van der Waals surface area (Å²) in [5.74, 6) is 1.96. The first kappa shape index (κ1) is 14.3. The van der Waals surface area contributed by atoms with Crippen LogP contribution < -0.4 is 10.1 Å². The minimum absolute atomic E-state index is 0.582. The number of fused-ring (bicyclic) bond motifs is 1. The second kappa shape index (κ2) is 5.99. The average molecular weight is 364 g/mol. The van der Waals surface area contributed by atoms with Crippen molar-refractivity contribution < 1.29 is 4.74 Å². The van der Waals surface area contributed by atoms with Crippen molar-refractivity contribution in [1.82, 2.24) is 9.97 Å². The number of rotatable bonds is 4. The highest BCUT2D eigenvalue weighted by Gasteiger charge is 2.12. The lowest BCUT2D eigenvalue weighted by Crippen LogP contribution is -2.03. The molecule has 108 valence electrons. The van der Waals surface area contributed by atoms with Crippen molar-refractivity contribution in [3.05, 3.63) is 39.7 Å². The fourth-order valence-corrected chi connectivity index (χ4v) is 3.03. The summed E-state index contributed by atoms with van der Waals surface area (Å²) in [6.45, 7) is 4.80. The molecule has 6 heteroatoms. The summed E-state index contributed by atoms with van der Waals surface area (Å²) >= 11 is 5.05. The Balaban J connectivity index is 2.06. The van der Waals surface area contributed by atoms with Crippen molar-refractivity contribution in [1.29, 1.82) is 0 Å². The minimum Gasteiger partial charge on any atom is -0.438 e. The van der Waals surface area contributed by atoms with Gasteiger partial charge in [-0.2, -0.15) is 4.98 Å². The van der Waals surface area contributed by atoms with Crippen LogP contribution in [0.3, 0.4) is 0 Å². The number of aryl methyl sites for hydroxylation is 1. The predicted molar refractivity (Wildman–Crippen MR) is 90.5 cm³/mol. The standard InChI is InChI=1S/C15H14BrN3OS/c1-3-17-15-18-13(11-6-7-21-14(11)19-15)20-12-8-10(16)5-4-9(12)2/h4-8H,3H2,1-2H3,(H,17,18,19). The van der Waals surface area contributed by atoms with Crippen LogP contribution in [0.4, 0.5) is 5.95 Å². The number of ether oxygens (including phenoxy) is 1. The number of hydrogen-bond acceptors (Lipinski definition) is 5. The quantitative estimate of drug-likeness (QED) is 0.709. The van der Waals surface area contributed by atoms with Gasteiger partial charge >= 0.3 is 0 Å². The largest absolute Gasteiger partial charge is 0.438 e. The molecule has 0 aliphatic carbocycles. The van der Waals surface area contributed by atoms with E-state index in [1.807, 2.05) is 43.5 Å². The number of thiophene rings is 1. The molecule has 0 unspecified atom stereocenters. The second-order valence-electron chi connectivity index (χ2n) is 4.53. The lowest BCUT2D eigenvalue weighted by atomic mass is 10.2. The normalized spacial score (nSPS) is 10.8. The van der Waals surface area contributed by atoms with E-state index in [-0.39, 0.29) is 0 Å². The molecule has 2 aromatic heterocycles. The number of benzene rings is 1. The molecule has 0 saturated heterocycles. The van der Waals surface area contributed by atoms with Gasteiger partial charge in [-0.15, -0.1) is 11.3 Å². The molecular formula is C15H14BrN3OS. The van der Waals surface area contributed by atoms with Gasteiger partial charge in [-0.05, 0) is 43.0 Å². The third-order valence-corrected chi connectivity index (χ3v) is 4.28. The van der Waals surface area contributed by atoms with Crippen LogP contribution in [0, 0.1) is 6.92 Å². The molecule has 0 amide bonds. The van der Waals surface area contributed by atoms with Gasteiger partial charge in [0, 0.05) is 11.0 Å². The summed E-state index contributed by atoms with van der Waals surface area (Å²) in [7, 11) is 0. The fourth-order valence-electron chi connectivity index (χ4n) is 1.93. The van der Waals surface area contributed by atoms with Gasteiger partial charge in [0.1, 0.15) is 10.6 Å². The third kappa shape index (κ3) is 3.01. The Labute approximate surface area is 135 Å². The Hall–Kier alpha value is -1.66. The number of nitrogens with zero attached hydrogens (tertiary/aromatic N) is 2. The molecule has 0 atom stereocenters. The smallest absolute Gasteiger partial charge is 0.232 e. The summed E-state index contributed by atoms with van der Waals surface area (Å²) in [6.07, 6.45) is 0. The number of halogens is 1. The van der Waals surface area contributed by atoms with Crippen LogP contribution in [0.2, 0.25) is 0 Å². The van der Waals surface area contributed by atoms with Gasteiger partial charge in [0.2, 0.25) is 11.8 Å². The number of nitrogens with one attached hydrogen (secondary N) is 1. The van der Waals surface area contributed by atoms with E-state index in [2.05, 4.69) is 31.2 Å². The lowest BCUT2D eigenvalue weighted by molar-refractivity contribution is 0.465. The first-order chi connectivity index (χ1) is 10.2. The molecule has 0 aliphatic rings. The maximum Gasteiger partial charge on any atom is 0.232 e. The monoisotopic (exact) mass is 363 g/mol. The van der Waals surface area contributed by atoms with Gasteiger partial charge in [0.25, 0.3) is 0 Å². The van der Waals surface area contributed by atoms with Crippen molar-refractivity contribution in [2.75, 3.05) is 11.9 Å². The highest BCUT2D eigenvalue weighted by atomic mass is 79.9. The number of anilines is 1. The lowest BCUT2D eigenvalue weighted by Gasteiger charge is -2.10. The number of aromatic nitrogens is 2. The summed E-state index contributed by atoms with van der Waals surface area (Å²) in [5, 5.41) is 6.06. The van der Waals surface area contributed by atoms with Crippen LogP contribution in [0.5, 0.6) is 11.6 Å². The molecular weight excluding hydrogens is 350 g/mol. The van der Waals surface area contributed by atoms with Gasteiger partial charge in [-0.25, -0.2) is 4.98 Å². The van der Waals surface area contributed by atoms with E-state index in [0.29, 0.717) is 11.8 Å². The van der Waals surface area contributed by atoms with E-state index in [9.17, 15) is 0 Å². The molecule has 0 radical (unpaired) electrons. The molecule has 0 spiro atoms. The van der Waals surface area contributed by atoms with Crippen molar-refractivity contribution in [3.8, 4) is 11.6 Å². The molecule has 21 heavy (non-hydrogen) atoms. The van der Waals surface area contributed by atoms with Gasteiger partial charge in [0.05, 0.1) is 5.39 Å². The van der Waals surface area contributed by atoms with E-state index in [4.69, 9.17) is 4.74 Å². The van der Waals surface area contributed by atoms with Gasteiger partial charge in [-0.1, -0.05) is 22.0 Å². The topological polar surface area (TPSA) is 47.0 Å². The van der Waals surface area contributed by atoms with Crippen molar-refractivity contribution in [2.24, 2.45) is 0 Å². The van der Waals surface area contributed by atoms with Crippen LogP contribution >= 0.6 is 27.3 Å². The average Bonchev–Trinajstić information content (AvgIpc) is 2.92. The fraction of sp³-hybridized carbons (Fsp3) is 0.200. The summed E-state index contributed by atoms with van der Waals surface area (Å²) in [6, 6.07) is 7.93. The van der Waals surface area contributed by atoms with E-state index in [0.717, 1.165) is 32.5 Å². The van der Waals surface area contributed by atoms with Gasteiger partial charge < -0.3 is 10.1 Å².